The molecule has 0 saturated carbocycles. The fourth-order valence-electron chi connectivity index (χ4n) is 0.671. The summed E-state index contributed by atoms with van der Waals surface area (Å²) in [6.45, 7) is 10.1. The summed E-state index contributed by atoms with van der Waals surface area (Å²) in [6, 6.07) is 0. The van der Waals surface area contributed by atoms with Crippen LogP contribution < -0.4 is 0 Å². The molecule has 2 heteroatoms. The molecule has 0 bridgehead atoms. The van der Waals surface area contributed by atoms with Crippen molar-refractivity contribution in [1.82, 2.24) is 4.90 Å². The number of hydrogen-bond donors (Lipinski definition) is 0. The Morgan fingerprint density at radius 1 is 0.875 bits per heavy atom. The molecule has 0 saturated heterocycles. The summed E-state index contributed by atoms with van der Waals surface area (Å²) in [6.07, 6.45) is 0. The Labute approximate surface area is 65.5 Å². The third-order valence-corrected chi connectivity index (χ3v) is 1.34. The molecule has 0 amide bonds. The topological polar surface area (TPSA) is 3.24 Å². The van der Waals surface area contributed by atoms with Gasteiger partial charge in [-0.05, 0) is 19.6 Å². The normalized spacial score (nSPS) is 9.00. The fourth-order valence-corrected chi connectivity index (χ4v) is 0.671. The predicted molar refractivity (Wildman–Crippen MR) is 39.2 cm³/mol. The molecule has 1 nitrogen and oxygen atoms in total. The monoisotopic (exact) mass is 170 g/mol. The number of nitrogens with zero attached hydrogens (tertiary/aromatic N) is 1. The van der Waals surface area contributed by atoms with Crippen molar-refractivity contribution in [3.05, 3.63) is 0 Å². The van der Waals surface area contributed by atoms with Crippen molar-refractivity contribution in [2.24, 2.45) is 0 Å². The molecule has 0 unspecified atom stereocenters. The van der Waals surface area contributed by atoms with Crippen molar-refractivity contribution < 1.29 is 0 Å². The van der Waals surface area contributed by atoms with E-state index in [1.807, 2.05) is 0 Å². The largest absolute Gasteiger partial charge is 3.00 e. The van der Waals surface area contributed by atoms with Crippen LogP contribution in [0.1, 0.15) is 20.8 Å². The molecule has 0 aromatic rings. The van der Waals surface area contributed by atoms with Crippen molar-refractivity contribution in [2.75, 3.05) is 19.6 Å². The maximum Gasteiger partial charge on any atom is 3.00 e. The second-order valence-corrected chi connectivity index (χ2v) is 1.62. The van der Waals surface area contributed by atoms with Gasteiger partial charge in [0.05, 0.1) is 0 Å². The molecule has 0 heterocycles. The third kappa shape index (κ3) is 4.75. The zero-order valence-electron chi connectivity index (χ0n) is 6.15. The molecule has 0 aliphatic heterocycles. The van der Waals surface area contributed by atoms with Crippen molar-refractivity contribution >= 4 is 19.8 Å². The molecule has 8 heavy (non-hydrogen) atoms. The van der Waals surface area contributed by atoms with Crippen molar-refractivity contribution in [1.29, 1.82) is 0 Å². The van der Waals surface area contributed by atoms with Crippen LogP contribution in [-0.4, -0.2) is 44.3 Å². The SMILES string of the molecule is CCN(CC)CC.[Ga+3]. The summed E-state index contributed by atoms with van der Waals surface area (Å²) in [5, 5.41) is 0. The van der Waals surface area contributed by atoms with E-state index in [2.05, 4.69) is 25.7 Å². The van der Waals surface area contributed by atoms with E-state index in [0.29, 0.717) is 0 Å². The van der Waals surface area contributed by atoms with Gasteiger partial charge in [-0.25, -0.2) is 0 Å². The van der Waals surface area contributed by atoms with Crippen LogP contribution in [0.25, 0.3) is 0 Å². The van der Waals surface area contributed by atoms with E-state index in [1.165, 1.54) is 19.6 Å². The van der Waals surface area contributed by atoms with Gasteiger partial charge in [-0.1, -0.05) is 20.8 Å². The summed E-state index contributed by atoms with van der Waals surface area (Å²) < 4.78 is 0. The van der Waals surface area contributed by atoms with Crippen LogP contribution in [0.4, 0.5) is 0 Å². The first-order valence-corrected chi connectivity index (χ1v) is 3.07. The van der Waals surface area contributed by atoms with Crippen molar-refractivity contribution in [2.45, 2.75) is 20.8 Å². The van der Waals surface area contributed by atoms with Gasteiger partial charge in [0.25, 0.3) is 0 Å². The van der Waals surface area contributed by atoms with Crippen LogP contribution in [0.2, 0.25) is 0 Å². The second kappa shape index (κ2) is 7.60. The minimum absolute atomic E-state index is 0. The van der Waals surface area contributed by atoms with Gasteiger partial charge in [-0.15, -0.1) is 0 Å². The van der Waals surface area contributed by atoms with Crippen LogP contribution in [0.3, 0.4) is 0 Å². The summed E-state index contributed by atoms with van der Waals surface area (Å²) >= 11 is 0. The van der Waals surface area contributed by atoms with Crippen LogP contribution in [-0.2, 0) is 0 Å². The Hall–Kier alpha value is 0.596. The first-order chi connectivity index (χ1) is 3.35. The fraction of sp³-hybridized carbons (Fsp3) is 1.00. The van der Waals surface area contributed by atoms with E-state index in [1.54, 1.807) is 0 Å². The van der Waals surface area contributed by atoms with Gasteiger partial charge >= 0.3 is 19.8 Å². The van der Waals surface area contributed by atoms with Crippen LogP contribution in [0.15, 0.2) is 0 Å². The van der Waals surface area contributed by atoms with Gasteiger partial charge in [0.1, 0.15) is 0 Å². The Bertz CT molecular complexity index is 30.0. The molecule has 0 aliphatic carbocycles. The van der Waals surface area contributed by atoms with Gasteiger partial charge in [0, 0.05) is 0 Å². The molecule has 0 spiro atoms. The molecule has 0 fully saturated rings. The van der Waals surface area contributed by atoms with Gasteiger partial charge in [-0.3, -0.25) is 0 Å². The maximum absolute atomic E-state index is 2.38. The Balaban J connectivity index is 0. The van der Waals surface area contributed by atoms with Crippen LogP contribution >= 0.6 is 0 Å². The van der Waals surface area contributed by atoms with Crippen LogP contribution in [0, 0.1) is 0 Å². The van der Waals surface area contributed by atoms with Crippen molar-refractivity contribution in [3.63, 3.8) is 0 Å². The summed E-state index contributed by atoms with van der Waals surface area (Å²) in [4.78, 5) is 2.38. The van der Waals surface area contributed by atoms with Gasteiger partial charge < -0.3 is 4.90 Å². The first kappa shape index (κ1) is 11.4. The summed E-state index contributed by atoms with van der Waals surface area (Å²) in [5.41, 5.74) is 0. The molecule has 0 atom stereocenters. The first-order valence-electron chi connectivity index (χ1n) is 3.07. The second-order valence-electron chi connectivity index (χ2n) is 1.62. The van der Waals surface area contributed by atoms with E-state index >= 15 is 0 Å². The molecule has 0 N–H and O–H groups in total. The van der Waals surface area contributed by atoms with Gasteiger partial charge in [0.15, 0.2) is 0 Å². The smallest absolute Gasteiger partial charge is 0.304 e. The summed E-state index contributed by atoms with van der Waals surface area (Å²) in [5.74, 6) is 0. The van der Waals surface area contributed by atoms with E-state index in [0.717, 1.165) is 0 Å². The standard InChI is InChI=1S/C6H15N.Ga/c1-4-7(5-2)6-3;/h4-6H2,1-3H3;/q;+3. The molecule has 0 aromatic heterocycles. The molecule has 0 rings (SSSR count). The molecule has 0 radical (unpaired) electrons. The quantitative estimate of drug-likeness (QED) is 0.571. The molecule has 0 aromatic carbocycles. The van der Waals surface area contributed by atoms with Crippen molar-refractivity contribution in [3.8, 4) is 0 Å². The molecule has 44 valence electrons. The van der Waals surface area contributed by atoms with E-state index in [9.17, 15) is 0 Å². The molecular formula is C6H15GaN+3. The molecule has 0 aliphatic rings. The zero-order chi connectivity index (χ0) is 5.70. The average Bonchev–Trinajstić information content (AvgIpc) is 1.72. The molecular weight excluding hydrogens is 156 g/mol. The predicted octanol–water partition coefficient (Wildman–Crippen LogP) is 0.967. The third-order valence-electron chi connectivity index (χ3n) is 1.34. The van der Waals surface area contributed by atoms with Gasteiger partial charge in [0.2, 0.25) is 0 Å². The number of hydrogen-bond acceptors (Lipinski definition) is 1. The Morgan fingerprint density at radius 3 is 1.12 bits per heavy atom. The minimum atomic E-state index is 0. The van der Waals surface area contributed by atoms with E-state index in [4.69, 9.17) is 0 Å². The van der Waals surface area contributed by atoms with Gasteiger partial charge in [-0.2, -0.15) is 0 Å². The Kier molecular flexibility index (Phi) is 10.8. The zero-order valence-corrected chi connectivity index (χ0v) is 8.57. The average molecular weight is 171 g/mol. The van der Waals surface area contributed by atoms with Crippen LogP contribution in [0.5, 0.6) is 0 Å². The summed E-state index contributed by atoms with van der Waals surface area (Å²) in [7, 11) is 0. The Morgan fingerprint density at radius 2 is 1.12 bits per heavy atom. The van der Waals surface area contributed by atoms with E-state index < -0.39 is 0 Å². The van der Waals surface area contributed by atoms with E-state index in [-0.39, 0.29) is 19.8 Å². The number of rotatable bonds is 3. The maximum atomic E-state index is 2.38. The minimum Gasteiger partial charge on any atom is -0.304 e.